The zero-order chi connectivity index (χ0) is 14.4. The van der Waals surface area contributed by atoms with Crippen molar-refractivity contribution < 1.29 is 9.84 Å². The molecular formula is C15H27N3O2. The second kappa shape index (κ2) is 7.18. The summed E-state index contributed by atoms with van der Waals surface area (Å²) in [5.74, 6) is 0.861. The highest BCUT2D eigenvalue weighted by Gasteiger charge is 2.38. The van der Waals surface area contributed by atoms with Crippen molar-refractivity contribution in [2.75, 3.05) is 7.11 Å². The lowest BCUT2D eigenvalue weighted by molar-refractivity contribution is -0.111. The lowest BCUT2D eigenvalue weighted by atomic mass is 9.86. The van der Waals surface area contributed by atoms with Crippen LogP contribution in [0.4, 0.5) is 0 Å². The van der Waals surface area contributed by atoms with Crippen LogP contribution in [0, 0.1) is 0 Å². The van der Waals surface area contributed by atoms with Crippen molar-refractivity contribution in [2.45, 2.75) is 76.5 Å². The molecule has 2 rings (SSSR count). The standard InChI is InChI=1S/C15H27N3O2/c1-3-10-18-14(16-12-17-18)11-13(19)15(20-2)8-6-4-5-7-9-15/h12-13,19H,3-11H2,1-2H3. The van der Waals surface area contributed by atoms with Crippen LogP contribution in [0.3, 0.4) is 0 Å². The predicted molar refractivity (Wildman–Crippen MR) is 77.5 cm³/mol. The van der Waals surface area contributed by atoms with Crippen LogP contribution in [0.25, 0.3) is 0 Å². The fourth-order valence-corrected chi connectivity index (χ4v) is 3.20. The zero-order valence-corrected chi connectivity index (χ0v) is 12.7. The molecule has 1 fully saturated rings. The topological polar surface area (TPSA) is 60.2 Å². The number of hydrogen-bond donors (Lipinski definition) is 1. The van der Waals surface area contributed by atoms with E-state index in [0.717, 1.165) is 44.5 Å². The number of aliphatic hydroxyl groups is 1. The third-order valence-corrected chi connectivity index (χ3v) is 4.47. The van der Waals surface area contributed by atoms with Crippen molar-refractivity contribution in [1.29, 1.82) is 0 Å². The van der Waals surface area contributed by atoms with Gasteiger partial charge in [-0.1, -0.05) is 32.6 Å². The summed E-state index contributed by atoms with van der Waals surface area (Å²) in [6, 6.07) is 0. The van der Waals surface area contributed by atoms with E-state index in [4.69, 9.17) is 4.74 Å². The average Bonchev–Trinajstić information content (AvgIpc) is 2.75. The molecule has 0 spiro atoms. The van der Waals surface area contributed by atoms with Gasteiger partial charge in [-0.2, -0.15) is 5.10 Å². The SMILES string of the molecule is CCCn1ncnc1CC(O)C1(OC)CCCCCC1. The molecule has 0 saturated heterocycles. The number of aryl methyl sites for hydroxylation is 1. The van der Waals surface area contributed by atoms with Crippen LogP contribution in [0.1, 0.15) is 57.7 Å². The molecule has 5 heteroatoms. The molecule has 5 nitrogen and oxygen atoms in total. The molecule has 1 atom stereocenters. The second-order valence-electron chi connectivity index (χ2n) is 5.80. The van der Waals surface area contributed by atoms with Crippen molar-refractivity contribution in [2.24, 2.45) is 0 Å². The van der Waals surface area contributed by atoms with E-state index < -0.39 is 11.7 Å². The highest BCUT2D eigenvalue weighted by Crippen LogP contribution is 2.34. The van der Waals surface area contributed by atoms with E-state index in [1.165, 1.54) is 12.8 Å². The number of methoxy groups -OCH3 is 1. The van der Waals surface area contributed by atoms with Gasteiger partial charge < -0.3 is 9.84 Å². The summed E-state index contributed by atoms with van der Waals surface area (Å²) < 4.78 is 7.65. The predicted octanol–water partition coefficient (Wildman–Crippen LogP) is 2.33. The van der Waals surface area contributed by atoms with Crippen molar-refractivity contribution in [3.63, 3.8) is 0 Å². The summed E-state index contributed by atoms with van der Waals surface area (Å²) in [6.07, 6.45) is 9.22. The molecule has 114 valence electrons. The molecule has 1 saturated carbocycles. The minimum atomic E-state index is -0.509. The van der Waals surface area contributed by atoms with Crippen LogP contribution in [0.2, 0.25) is 0 Å². The molecular weight excluding hydrogens is 254 g/mol. The Balaban J connectivity index is 2.08. The first-order chi connectivity index (χ1) is 9.72. The number of hydrogen-bond acceptors (Lipinski definition) is 4. The van der Waals surface area contributed by atoms with Gasteiger partial charge >= 0.3 is 0 Å². The van der Waals surface area contributed by atoms with Crippen molar-refractivity contribution in [1.82, 2.24) is 14.8 Å². The number of nitrogens with zero attached hydrogens (tertiary/aromatic N) is 3. The Bertz CT molecular complexity index is 398. The molecule has 1 unspecified atom stereocenters. The average molecular weight is 281 g/mol. The van der Waals surface area contributed by atoms with Crippen molar-refractivity contribution in [3.8, 4) is 0 Å². The molecule has 1 aromatic rings. The van der Waals surface area contributed by atoms with Crippen molar-refractivity contribution >= 4 is 0 Å². The van der Waals surface area contributed by atoms with E-state index >= 15 is 0 Å². The molecule has 0 bridgehead atoms. The quantitative estimate of drug-likeness (QED) is 0.813. The summed E-state index contributed by atoms with van der Waals surface area (Å²) >= 11 is 0. The molecule has 1 heterocycles. The van der Waals surface area contributed by atoms with E-state index in [0.29, 0.717) is 6.42 Å². The number of rotatable bonds is 6. The van der Waals surface area contributed by atoms with Crippen LogP contribution in [-0.4, -0.2) is 38.7 Å². The fraction of sp³-hybridized carbons (Fsp3) is 0.867. The first-order valence-electron chi connectivity index (χ1n) is 7.82. The van der Waals surface area contributed by atoms with Gasteiger partial charge in [0.1, 0.15) is 12.2 Å². The van der Waals surface area contributed by atoms with Crippen molar-refractivity contribution in [3.05, 3.63) is 12.2 Å². The maximum Gasteiger partial charge on any atom is 0.138 e. The van der Waals surface area contributed by atoms with Crippen LogP contribution in [0.15, 0.2) is 6.33 Å². The normalized spacial score (nSPS) is 20.6. The van der Waals surface area contributed by atoms with Crippen LogP contribution in [0.5, 0.6) is 0 Å². The highest BCUT2D eigenvalue weighted by molar-refractivity contribution is 4.97. The van der Waals surface area contributed by atoms with Gasteiger partial charge in [0, 0.05) is 20.1 Å². The molecule has 1 aliphatic rings. The molecule has 1 aliphatic carbocycles. The summed E-state index contributed by atoms with van der Waals surface area (Å²) in [5.41, 5.74) is -0.403. The molecule has 1 N–H and O–H groups in total. The summed E-state index contributed by atoms with van der Waals surface area (Å²) in [6.45, 7) is 2.96. The Morgan fingerprint density at radius 2 is 2.05 bits per heavy atom. The molecule has 0 aliphatic heterocycles. The smallest absolute Gasteiger partial charge is 0.138 e. The third-order valence-electron chi connectivity index (χ3n) is 4.47. The largest absolute Gasteiger partial charge is 0.390 e. The lowest BCUT2D eigenvalue weighted by Gasteiger charge is -2.36. The Kier molecular flexibility index (Phi) is 5.54. The number of aliphatic hydroxyl groups excluding tert-OH is 1. The maximum absolute atomic E-state index is 10.7. The Labute approximate surface area is 121 Å². The second-order valence-corrected chi connectivity index (χ2v) is 5.80. The zero-order valence-electron chi connectivity index (χ0n) is 12.7. The fourth-order valence-electron chi connectivity index (χ4n) is 3.20. The minimum absolute atomic E-state index is 0.403. The van der Waals surface area contributed by atoms with Crippen LogP contribution in [-0.2, 0) is 17.7 Å². The molecule has 0 amide bonds. The Morgan fingerprint density at radius 3 is 2.65 bits per heavy atom. The van der Waals surface area contributed by atoms with E-state index in [1.807, 2.05) is 4.68 Å². The molecule has 20 heavy (non-hydrogen) atoms. The maximum atomic E-state index is 10.7. The summed E-state index contributed by atoms with van der Waals surface area (Å²) in [4.78, 5) is 4.29. The van der Waals surface area contributed by atoms with Gasteiger partial charge in [-0.05, 0) is 19.3 Å². The van der Waals surface area contributed by atoms with E-state index in [-0.39, 0.29) is 0 Å². The van der Waals surface area contributed by atoms with Crippen LogP contribution < -0.4 is 0 Å². The third kappa shape index (κ3) is 3.38. The monoisotopic (exact) mass is 281 g/mol. The highest BCUT2D eigenvalue weighted by atomic mass is 16.5. The van der Waals surface area contributed by atoms with E-state index in [9.17, 15) is 5.11 Å². The van der Waals surface area contributed by atoms with Crippen LogP contribution >= 0.6 is 0 Å². The Morgan fingerprint density at radius 1 is 1.35 bits per heavy atom. The summed E-state index contributed by atoms with van der Waals surface area (Å²) in [7, 11) is 1.73. The van der Waals surface area contributed by atoms with Gasteiger partial charge in [-0.15, -0.1) is 0 Å². The van der Waals surface area contributed by atoms with Gasteiger partial charge in [-0.25, -0.2) is 4.98 Å². The van der Waals surface area contributed by atoms with Gasteiger partial charge in [0.2, 0.25) is 0 Å². The lowest BCUT2D eigenvalue weighted by Crippen LogP contribution is -2.45. The number of aromatic nitrogens is 3. The molecule has 0 aromatic carbocycles. The summed E-state index contributed by atoms with van der Waals surface area (Å²) in [5, 5.41) is 14.9. The van der Waals surface area contributed by atoms with Gasteiger partial charge in [0.25, 0.3) is 0 Å². The van der Waals surface area contributed by atoms with Gasteiger partial charge in [-0.3, -0.25) is 4.68 Å². The van der Waals surface area contributed by atoms with Gasteiger partial charge in [0.05, 0.1) is 11.7 Å². The minimum Gasteiger partial charge on any atom is -0.390 e. The first kappa shape index (κ1) is 15.4. The number of ether oxygens (including phenoxy) is 1. The van der Waals surface area contributed by atoms with E-state index in [1.54, 1.807) is 13.4 Å². The van der Waals surface area contributed by atoms with Gasteiger partial charge in [0.15, 0.2) is 0 Å². The Hall–Kier alpha value is -0.940. The van der Waals surface area contributed by atoms with E-state index in [2.05, 4.69) is 17.0 Å². The first-order valence-corrected chi connectivity index (χ1v) is 7.82. The molecule has 0 radical (unpaired) electrons. The molecule has 1 aromatic heterocycles.